The van der Waals surface area contributed by atoms with Crippen LogP contribution in [0.1, 0.15) is 38.2 Å². The summed E-state index contributed by atoms with van der Waals surface area (Å²) in [6.45, 7) is 4.46. The summed E-state index contributed by atoms with van der Waals surface area (Å²) in [7, 11) is 0. The van der Waals surface area contributed by atoms with E-state index < -0.39 is 0 Å². The van der Waals surface area contributed by atoms with Crippen molar-refractivity contribution in [3.63, 3.8) is 0 Å². The maximum absolute atomic E-state index is 4.15. The number of aromatic nitrogens is 1. The number of hydrogen-bond acceptors (Lipinski definition) is 2. The molecule has 19 heavy (non-hydrogen) atoms. The number of nitrogens with one attached hydrogen (secondary N) is 1. The third kappa shape index (κ3) is 2.64. The third-order valence-corrected chi connectivity index (χ3v) is 4.70. The van der Waals surface area contributed by atoms with Crippen LogP contribution in [-0.2, 0) is 6.54 Å². The highest BCUT2D eigenvalue weighted by atomic mass is 14.9. The highest BCUT2D eigenvalue weighted by Gasteiger charge is 2.34. The second-order valence-corrected chi connectivity index (χ2v) is 5.87. The first-order valence-corrected chi connectivity index (χ1v) is 7.35. The van der Waals surface area contributed by atoms with Gasteiger partial charge in [-0.25, -0.2) is 0 Å². The molecule has 0 radical (unpaired) electrons. The van der Waals surface area contributed by atoms with Crippen molar-refractivity contribution in [3.8, 4) is 0 Å². The van der Waals surface area contributed by atoms with Gasteiger partial charge in [0.1, 0.15) is 0 Å². The van der Waals surface area contributed by atoms with Crippen molar-refractivity contribution < 1.29 is 0 Å². The summed E-state index contributed by atoms with van der Waals surface area (Å²) in [5, 5.41) is 6.14. The van der Waals surface area contributed by atoms with Gasteiger partial charge in [0.15, 0.2) is 0 Å². The molecule has 1 aromatic carbocycles. The molecule has 2 heteroatoms. The Morgan fingerprint density at radius 3 is 2.84 bits per heavy atom. The Balaban J connectivity index is 1.62. The number of rotatable bonds is 5. The van der Waals surface area contributed by atoms with Crippen LogP contribution in [0.3, 0.4) is 0 Å². The van der Waals surface area contributed by atoms with Crippen molar-refractivity contribution in [2.75, 3.05) is 6.54 Å². The Morgan fingerprint density at radius 2 is 2.11 bits per heavy atom. The molecule has 0 amide bonds. The molecule has 1 N–H and O–H groups in total. The molecule has 2 nitrogen and oxygen atoms in total. The maximum atomic E-state index is 4.15. The molecule has 1 aromatic heterocycles. The van der Waals surface area contributed by atoms with Crippen molar-refractivity contribution in [1.82, 2.24) is 10.3 Å². The molecule has 100 valence electrons. The Morgan fingerprint density at radius 1 is 1.21 bits per heavy atom. The van der Waals surface area contributed by atoms with Crippen molar-refractivity contribution >= 4 is 10.8 Å². The van der Waals surface area contributed by atoms with Crippen LogP contribution in [0.25, 0.3) is 10.8 Å². The van der Waals surface area contributed by atoms with E-state index in [1.165, 1.54) is 42.0 Å². The highest BCUT2D eigenvalue weighted by molar-refractivity contribution is 5.81. The van der Waals surface area contributed by atoms with Gasteiger partial charge in [-0.05, 0) is 47.8 Å². The summed E-state index contributed by atoms with van der Waals surface area (Å²) in [5.74, 6) is 0. The fraction of sp³-hybridized carbons (Fsp3) is 0.471. The van der Waals surface area contributed by atoms with Crippen LogP contribution in [0, 0.1) is 5.41 Å². The first kappa shape index (κ1) is 12.6. The van der Waals surface area contributed by atoms with E-state index in [9.17, 15) is 0 Å². The summed E-state index contributed by atoms with van der Waals surface area (Å²) in [6, 6.07) is 8.72. The Hall–Kier alpha value is -1.41. The van der Waals surface area contributed by atoms with Gasteiger partial charge in [0.2, 0.25) is 0 Å². The minimum Gasteiger partial charge on any atom is -0.312 e. The van der Waals surface area contributed by atoms with Crippen molar-refractivity contribution in [2.45, 2.75) is 39.2 Å². The van der Waals surface area contributed by atoms with Gasteiger partial charge in [-0.3, -0.25) is 4.98 Å². The highest BCUT2D eigenvalue weighted by Crippen LogP contribution is 2.43. The van der Waals surface area contributed by atoms with Gasteiger partial charge in [-0.15, -0.1) is 0 Å². The summed E-state index contributed by atoms with van der Waals surface area (Å²) in [4.78, 5) is 4.15. The van der Waals surface area contributed by atoms with Gasteiger partial charge in [0.05, 0.1) is 0 Å². The number of nitrogens with zero attached hydrogens (tertiary/aromatic N) is 1. The van der Waals surface area contributed by atoms with Gasteiger partial charge < -0.3 is 5.32 Å². The van der Waals surface area contributed by atoms with E-state index in [4.69, 9.17) is 0 Å². The largest absolute Gasteiger partial charge is 0.312 e. The molecule has 0 atom stereocenters. The lowest BCUT2D eigenvalue weighted by Gasteiger charge is -2.41. The fourth-order valence-electron chi connectivity index (χ4n) is 3.05. The zero-order valence-corrected chi connectivity index (χ0v) is 11.7. The molecule has 0 unspecified atom stereocenters. The number of benzene rings is 1. The molecule has 1 saturated carbocycles. The molecule has 0 saturated heterocycles. The molecule has 1 aliphatic carbocycles. The number of fused-ring (bicyclic) bond motifs is 1. The van der Waals surface area contributed by atoms with Crippen LogP contribution >= 0.6 is 0 Å². The lowest BCUT2D eigenvalue weighted by molar-refractivity contribution is 0.124. The lowest BCUT2D eigenvalue weighted by atomic mass is 9.67. The summed E-state index contributed by atoms with van der Waals surface area (Å²) >= 11 is 0. The van der Waals surface area contributed by atoms with Crippen molar-refractivity contribution in [2.24, 2.45) is 5.41 Å². The van der Waals surface area contributed by atoms with Crippen LogP contribution in [0.5, 0.6) is 0 Å². The molecular formula is C17H22N2. The van der Waals surface area contributed by atoms with E-state index in [-0.39, 0.29) is 0 Å². The van der Waals surface area contributed by atoms with Gasteiger partial charge in [-0.2, -0.15) is 0 Å². The smallest absolute Gasteiger partial charge is 0.0346 e. The molecule has 1 heterocycles. The minimum absolute atomic E-state index is 0.598. The first-order chi connectivity index (χ1) is 9.31. The molecule has 0 bridgehead atoms. The third-order valence-electron chi connectivity index (χ3n) is 4.70. The van der Waals surface area contributed by atoms with Gasteiger partial charge in [0, 0.05) is 30.9 Å². The number of pyridine rings is 1. The second kappa shape index (κ2) is 5.30. The normalized spacial score (nSPS) is 17.3. The Bertz CT molecular complexity index is 552. The van der Waals surface area contributed by atoms with E-state index in [1.807, 2.05) is 12.4 Å². The average Bonchev–Trinajstić information content (AvgIpc) is 2.42. The van der Waals surface area contributed by atoms with Crippen LogP contribution in [0.15, 0.2) is 36.7 Å². The summed E-state index contributed by atoms with van der Waals surface area (Å²) < 4.78 is 0. The maximum Gasteiger partial charge on any atom is 0.0346 e. The zero-order chi connectivity index (χ0) is 13.1. The Kier molecular flexibility index (Phi) is 3.52. The molecule has 3 rings (SSSR count). The van der Waals surface area contributed by atoms with E-state index in [1.54, 1.807) is 0 Å². The lowest BCUT2D eigenvalue weighted by Crippen LogP contribution is -2.39. The predicted molar refractivity (Wildman–Crippen MR) is 80.0 cm³/mol. The van der Waals surface area contributed by atoms with Gasteiger partial charge >= 0.3 is 0 Å². The average molecular weight is 254 g/mol. The molecule has 0 spiro atoms. The predicted octanol–water partition coefficient (Wildman–Crippen LogP) is 3.90. The van der Waals surface area contributed by atoms with E-state index in [0.717, 1.165) is 13.1 Å². The van der Waals surface area contributed by atoms with E-state index in [2.05, 4.69) is 41.5 Å². The van der Waals surface area contributed by atoms with Gasteiger partial charge in [-0.1, -0.05) is 25.5 Å². The van der Waals surface area contributed by atoms with Gasteiger partial charge in [0.25, 0.3) is 0 Å². The first-order valence-electron chi connectivity index (χ1n) is 7.35. The fourth-order valence-corrected chi connectivity index (χ4v) is 3.05. The van der Waals surface area contributed by atoms with Crippen LogP contribution < -0.4 is 5.32 Å². The molecular weight excluding hydrogens is 232 g/mol. The van der Waals surface area contributed by atoms with Crippen molar-refractivity contribution in [1.29, 1.82) is 0 Å². The van der Waals surface area contributed by atoms with Crippen molar-refractivity contribution in [3.05, 3.63) is 42.2 Å². The Labute approximate surface area is 115 Å². The van der Waals surface area contributed by atoms with Crippen LogP contribution in [0.2, 0.25) is 0 Å². The summed E-state index contributed by atoms with van der Waals surface area (Å²) in [6.07, 6.45) is 9.31. The standard InChI is InChI=1S/C17H22N2/c1-2-17(7-3-8-17)13-19-11-14-4-5-16-12-18-9-6-15(16)10-14/h4-6,9-10,12,19H,2-3,7-8,11,13H2,1H3. The SMILES string of the molecule is CCC1(CNCc2ccc3cnccc3c2)CCC1. The zero-order valence-electron chi connectivity index (χ0n) is 11.7. The molecule has 1 fully saturated rings. The second-order valence-electron chi connectivity index (χ2n) is 5.87. The quantitative estimate of drug-likeness (QED) is 0.875. The number of hydrogen-bond donors (Lipinski definition) is 1. The molecule has 1 aliphatic rings. The molecule has 2 aromatic rings. The summed E-state index contributed by atoms with van der Waals surface area (Å²) in [5.41, 5.74) is 1.96. The monoisotopic (exact) mass is 254 g/mol. The van der Waals surface area contributed by atoms with E-state index >= 15 is 0 Å². The topological polar surface area (TPSA) is 24.9 Å². The minimum atomic E-state index is 0.598. The van der Waals surface area contributed by atoms with E-state index in [0.29, 0.717) is 5.41 Å². The van der Waals surface area contributed by atoms with Crippen LogP contribution in [-0.4, -0.2) is 11.5 Å². The molecule has 0 aliphatic heterocycles. The van der Waals surface area contributed by atoms with Crippen LogP contribution in [0.4, 0.5) is 0 Å².